The molecule has 0 aliphatic rings. The van der Waals surface area contributed by atoms with Crippen LogP contribution >= 0.6 is 15.9 Å². The van der Waals surface area contributed by atoms with Crippen LogP contribution in [-0.2, 0) is 16.6 Å². The third kappa shape index (κ3) is 2.97. The van der Waals surface area contributed by atoms with Gasteiger partial charge >= 0.3 is 0 Å². The van der Waals surface area contributed by atoms with Gasteiger partial charge in [-0.1, -0.05) is 34.1 Å². The molecule has 1 atom stereocenters. The summed E-state index contributed by atoms with van der Waals surface area (Å²) in [5.74, 6) is -0.196. The van der Waals surface area contributed by atoms with Crippen LogP contribution in [0.15, 0.2) is 51.8 Å². The second-order valence-corrected chi connectivity index (χ2v) is 6.07. The van der Waals surface area contributed by atoms with Crippen molar-refractivity contribution in [2.75, 3.05) is 5.73 Å². The number of halogens is 2. The monoisotopic (exact) mass is 327 g/mol. The number of rotatable bonds is 3. The Hall–Kier alpha value is -1.20. The van der Waals surface area contributed by atoms with Crippen molar-refractivity contribution in [3.05, 3.63) is 58.3 Å². The lowest BCUT2D eigenvalue weighted by Crippen LogP contribution is -1.99. The summed E-state index contributed by atoms with van der Waals surface area (Å²) < 4.78 is 26.3. The van der Waals surface area contributed by atoms with Gasteiger partial charge in [0.2, 0.25) is 0 Å². The standard InChI is InChI=1S/C13H11BrFNOS/c14-11-4-2-1-3-9(11)8-18(17)10-5-6-13(16)12(15)7-10/h1-7H,8,16H2. The minimum Gasteiger partial charge on any atom is -0.396 e. The van der Waals surface area contributed by atoms with E-state index in [1.165, 1.54) is 12.1 Å². The number of nitrogen functional groups attached to an aromatic ring is 1. The van der Waals surface area contributed by atoms with Gasteiger partial charge in [-0.3, -0.25) is 4.21 Å². The van der Waals surface area contributed by atoms with Crippen molar-refractivity contribution in [2.45, 2.75) is 10.6 Å². The number of anilines is 1. The van der Waals surface area contributed by atoms with Crippen LogP contribution in [0.4, 0.5) is 10.1 Å². The molecule has 0 spiro atoms. The van der Waals surface area contributed by atoms with Crippen LogP contribution in [0, 0.1) is 5.82 Å². The molecule has 0 fully saturated rings. The third-order valence-electron chi connectivity index (χ3n) is 2.48. The molecule has 0 bridgehead atoms. The lowest BCUT2D eigenvalue weighted by atomic mass is 10.2. The first-order valence-electron chi connectivity index (χ1n) is 5.25. The first-order valence-corrected chi connectivity index (χ1v) is 7.36. The molecule has 0 amide bonds. The number of nitrogens with two attached hydrogens (primary N) is 1. The van der Waals surface area contributed by atoms with Crippen LogP contribution < -0.4 is 5.73 Å². The van der Waals surface area contributed by atoms with E-state index in [2.05, 4.69) is 15.9 Å². The summed E-state index contributed by atoms with van der Waals surface area (Å²) in [5, 5.41) is 0. The summed E-state index contributed by atoms with van der Waals surface area (Å²) in [6.45, 7) is 0. The molecule has 0 aromatic heterocycles. The minimum absolute atomic E-state index is 0.0663. The van der Waals surface area contributed by atoms with E-state index in [0.29, 0.717) is 10.6 Å². The highest BCUT2D eigenvalue weighted by atomic mass is 79.9. The summed E-state index contributed by atoms with van der Waals surface area (Å²) in [6.07, 6.45) is 0. The Balaban J connectivity index is 2.22. The first kappa shape index (κ1) is 13.2. The number of benzene rings is 2. The molecule has 2 aromatic rings. The van der Waals surface area contributed by atoms with Crippen molar-refractivity contribution < 1.29 is 8.60 Å². The van der Waals surface area contributed by atoms with Gasteiger partial charge in [-0.15, -0.1) is 0 Å². The molecular formula is C13H11BrFNOS. The highest BCUT2D eigenvalue weighted by Gasteiger charge is 2.09. The Morgan fingerprint density at radius 1 is 1.22 bits per heavy atom. The SMILES string of the molecule is Nc1ccc(S(=O)Cc2ccccc2Br)cc1F. The van der Waals surface area contributed by atoms with Gasteiger partial charge in [-0.25, -0.2) is 4.39 Å². The highest BCUT2D eigenvalue weighted by Crippen LogP contribution is 2.21. The van der Waals surface area contributed by atoms with E-state index in [1.54, 1.807) is 6.07 Å². The topological polar surface area (TPSA) is 43.1 Å². The highest BCUT2D eigenvalue weighted by molar-refractivity contribution is 9.10. The van der Waals surface area contributed by atoms with Gasteiger partial charge < -0.3 is 5.73 Å². The largest absolute Gasteiger partial charge is 0.396 e. The summed E-state index contributed by atoms with van der Waals surface area (Å²) in [7, 11) is -1.29. The molecule has 0 heterocycles. The lowest BCUT2D eigenvalue weighted by molar-refractivity contribution is 0.627. The molecule has 5 heteroatoms. The van der Waals surface area contributed by atoms with Gasteiger partial charge in [0.05, 0.1) is 22.2 Å². The predicted octanol–water partition coefficient (Wildman–Crippen LogP) is 3.48. The Morgan fingerprint density at radius 3 is 2.61 bits per heavy atom. The summed E-state index contributed by atoms with van der Waals surface area (Å²) in [5.41, 5.74) is 6.37. The zero-order valence-corrected chi connectivity index (χ0v) is 11.8. The van der Waals surface area contributed by atoms with Gasteiger partial charge in [-0.2, -0.15) is 0 Å². The normalized spacial score (nSPS) is 12.3. The first-order chi connectivity index (χ1) is 8.58. The molecule has 0 saturated heterocycles. The zero-order chi connectivity index (χ0) is 13.1. The van der Waals surface area contributed by atoms with Crippen molar-refractivity contribution in [3.8, 4) is 0 Å². The molecule has 0 saturated carbocycles. The Morgan fingerprint density at radius 2 is 1.94 bits per heavy atom. The molecule has 0 aliphatic heterocycles. The van der Waals surface area contributed by atoms with Gasteiger partial charge in [-0.05, 0) is 29.8 Å². The Labute approximate surface area is 116 Å². The maximum absolute atomic E-state index is 13.3. The molecule has 18 heavy (non-hydrogen) atoms. The van der Waals surface area contributed by atoms with Gasteiger partial charge in [0.25, 0.3) is 0 Å². The van der Waals surface area contributed by atoms with E-state index in [0.717, 1.165) is 10.0 Å². The van der Waals surface area contributed by atoms with Crippen LogP contribution in [-0.4, -0.2) is 4.21 Å². The van der Waals surface area contributed by atoms with Crippen LogP contribution in [0.3, 0.4) is 0 Å². The summed E-state index contributed by atoms with van der Waals surface area (Å²) >= 11 is 3.39. The summed E-state index contributed by atoms with van der Waals surface area (Å²) in [4.78, 5) is 0.442. The maximum Gasteiger partial charge on any atom is 0.147 e. The lowest BCUT2D eigenvalue weighted by Gasteiger charge is -2.05. The second-order valence-electron chi connectivity index (χ2n) is 3.76. The predicted molar refractivity (Wildman–Crippen MR) is 75.1 cm³/mol. The van der Waals surface area contributed by atoms with Gasteiger partial charge in [0, 0.05) is 9.37 Å². The van der Waals surface area contributed by atoms with Crippen molar-refractivity contribution in [3.63, 3.8) is 0 Å². The zero-order valence-electron chi connectivity index (χ0n) is 9.40. The van der Waals surface area contributed by atoms with Crippen molar-refractivity contribution in [2.24, 2.45) is 0 Å². The quantitative estimate of drug-likeness (QED) is 0.877. The van der Waals surface area contributed by atoms with Crippen LogP contribution in [0.25, 0.3) is 0 Å². The molecule has 2 aromatic carbocycles. The third-order valence-corrected chi connectivity index (χ3v) is 4.61. The average Bonchev–Trinajstić information content (AvgIpc) is 2.35. The molecule has 2 N–H and O–H groups in total. The Kier molecular flexibility index (Phi) is 4.14. The smallest absolute Gasteiger partial charge is 0.147 e. The fourth-order valence-electron chi connectivity index (χ4n) is 1.49. The molecule has 94 valence electrons. The average molecular weight is 328 g/mol. The number of hydrogen-bond acceptors (Lipinski definition) is 2. The molecule has 2 nitrogen and oxygen atoms in total. The molecule has 2 rings (SSSR count). The minimum atomic E-state index is -1.29. The van der Waals surface area contributed by atoms with Crippen molar-refractivity contribution >= 4 is 32.4 Å². The van der Waals surface area contributed by atoms with E-state index in [-0.39, 0.29) is 5.69 Å². The van der Waals surface area contributed by atoms with Crippen molar-refractivity contribution in [1.82, 2.24) is 0 Å². The van der Waals surface area contributed by atoms with E-state index < -0.39 is 16.6 Å². The molecular weight excluding hydrogens is 317 g/mol. The van der Waals surface area contributed by atoms with Crippen LogP contribution in [0.5, 0.6) is 0 Å². The van der Waals surface area contributed by atoms with Crippen molar-refractivity contribution in [1.29, 1.82) is 0 Å². The molecule has 0 aliphatic carbocycles. The van der Waals surface area contributed by atoms with E-state index in [1.807, 2.05) is 24.3 Å². The fraction of sp³-hybridized carbons (Fsp3) is 0.0769. The maximum atomic E-state index is 13.3. The molecule has 1 unspecified atom stereocenters. The number of hydrogen-bond donors (Lipinski definition) is 1. The van der Waals surface area contributed by atoms with Crippen LogP contribution in [0.1, 0.15) is 5.56 Å². The summed E-state index contributed by atoms with van der Waals surface area (Å²) in [6, 6.07) is 11.8. The van der Waals surface area contributed by atoms with Gasteiger partial charge in [0.1, 0.15) is 5.82 Å². The van der Waals surface area contributed by atoms with E-state index in [9.17, 15) is 8.60 Å². The van der Waals surface area contributed by atoms with E-state index >= 15 is 0 Å². The molecule has 0 radical (unpaired) electrons. The second kappa shape index (κ2) is 5.63. The fourth-order valence-corrected chi connectivity index (χ4v) is 3.26. The van der Waals surface area contributed by atoms with Crippen LogP contribution in [0.2, 0.25) is 0 Å². The van der Waals surface area contributed by atoms with Gasteiger partial charge in [0.15, 0.2) is 0 Å². The Bertz CT molecular complexity index is 603. The van der Waals surface area contributed by atoms with E-state index in [4.69, 9.17) is 5.73 Å².